The van der Waals surface area contributed by atoms with Gasteiger partial charge >= 0.3 is 0 Å². The first-order chi connectivity index (χ1) is 7.73. The highest BCUT2D eigenvalue weighted by molar-refractivity contribution is 7.99. The van der Waals surface area contributed by atoms with Gasteiger partial charge in [0.15, 0.2) is 5.78 Å². The molecule has 0 radical (unpaired) electrons. The van der Waals surface area contributed by atoms with E-state index in [4.69, 9.17) is 0 Å². The Morgan fingerprint density at radius 1 is 1.38 bits per heavy atom. The molecule has 0 saturated carbocycles. The molecule has 1 saturated heterocycles. The number of ketones is 1. The van der Waals surface area contributed by atoms with Crippen LogP contribution in [-0.2, 0) is 5.60 Å². The Bertz CT molecular complexity index is 443. The Morgan fingerprint density at radius 3 is 3.06 bits per heavy atom. The van der Waals surface area contributed by atoms with Gasteiger partial charge in [0.05, 0.1) is 5.92 Å². The molecule has 2 unspecified atom stereocenters. The van der Waals surface area contributed by atoms with Crippen LogP contribution < -0.4 is 0 Å². The zero-order valence-electron chi connectivity index (χ0n) is 8.98. The third kappa shape index (κ3) is 1.28. The number of carbonyl (C=O) groups excluding carboxylic acids is 1. The van der Waals surface area contributed by atoms with Gasteiger partial charge in [0, 0.05) is 11.3 Å². The van der Waals surface area contributed by atoms with Crippen molar-refractivity contribution in [2.45, 2.75) is 18.4 Å². The van der Waals surface area contributed by atoms with Gasteiger partial charge in [-0.3, -0.25) is 4.79 Å². The van der Waals surface area contributed by atoms with Crippen LogP contribution in [0, 0.1) is 5.92 Å². The Morgan fingerprint density at radius 2 is 2.19 bits per heavy atom. The number of benzene rings is 1. The van der Waals surface area contributed by atoms with E-state index in [-0.39, 0.29) is 11.7 Å². The van der Waals surface area contributed by atoms with Gasteiger partial charge in [-0.25, -0.2) is 0 Å². The molecule has 1 N–H and O–H groups in total. The van der Waals surface area contributed by atoms with Crippen molar-refractivity contribution in [1.29, 1.82) is 0 Å². The van der Waals surface area contributed by atoms with Gasteiger partial charge in [0.2, 0.25) is 0 Å². The molecule has 84 valence electrons. The van der Waals surface area contributed by atoms with E-state index in [1.807, 2.05) is 24.3 Å². The van der Waals surface area contributed by atoms with E-state index in [2.05, 4.69) is 0 Å². The summed E-state index contributed by atoms with van der Waals surface area (Å²) in [6.45, 7) is 0. The summed E-state index contributed by atoms with van der Waals surface area (Å²) in [5.74, 6) is 1.63. The van der Waals surface area contributed by atoms with Crippen molar-refractivity contribution in [3.05, 3.63) is 35.4 Å². The lowest BCUT2D eigenvalue weighted by atomic mass is 9.86. The van der Waals surface area contributed by atoms with Crippen LogP contribution in [0.1, 0.15) is 28.8 Å². The maximum Gasteiger partial charge on any atom is 0.169 e. The quantitative estimate of drug-likeness (QED) is 0.748. The first kappa shape index (κ1) is 10.4. The summed E-state index contributed by atoms with van der Waals surface area (Å²) in [6.07, 6.45) is 1.84. The number of rotatable bonds is 0. The summed E-state index contributed by atoms with van der Waals surface area (Å²) < 4.78 is 0. The molecule has 2 aliphatic rings. The van der Waals surface area contributed by atoms with Crippen LogP contribution in [0.25, 0.3) is 0 Å². The van der Waals surface area contributed by atoms with E-state index in [0.717, 1.165) is 29.7 Å². The second-order valence-corrected chi connectivity index (χ2v) is 5.69. The Kier molecular flexibility index (Phi) is 2.33. The minimum absolute atomic E-state index is 0.139. The summed E-state index contributed by atoms with van der Waals surface area (Å²) in [6, 6.07) is 7.52. The molecule has 1 fully saturated rings. The van der Waals surface area contributed by atoms with Crippen LogP contribution in [0.5, 0.6) is 0 Å². The zero-order valence-corrected chi connectivity index (χ0v) is 9.80. The first-order valence-corrected chi connectivity index (χ1v) is 6.83. The lowest BCUT2D eigenvalue weighted by Gasteiger charge is -2.27. The fraction of sp³-hybridized carbons (Fsp3) is 0.462. The molecular weight excluding hydrogens is 220 g/mol. The molecule has 3 heteroatoms. The fourth-order valence-electron chi connectivity index (χ4n) is 2.83. The molecule has 1 aromatic rings. The number of hydrogen-bond donors (Lipinski definition) is 1. The molecule has 2 atom stereocenters. The second kappa shape index (κ2) is 3.60. The third-order valence-electron chi connectivity index (χ3n) is 3.66. The van der Waals surface area contributed by atoms with Gasteiger partial charge in [-0.2, -0.15) is 11.8 Å². The normalized spacial score (nSPS) is 33.1. The van der Waals surface area contributed by atoms with Crippen molar-refractivity contribution in [2.75, 3.05) is 11.5 Å². The fourth-order valence-corrected chi connectivity index (χ4v) is 4.02. The summed E-state index contributed by atoms with van der Waals surface area (Å²) >= 11 is 1.75. The highest BCUT2D eigenvalue weighted by atomic mass is 32.2. The van der Waals surface area contributed by atoms with Crippen molar-refractivity contribution in [3.8, 4) is 0 Å². The molecule has 3 rings (SSSR count). The minimum atomic E-state index is -0.908. The largest absolute Gasteiger partial charge is 0.383 e. The SMILES string of the molecule is O=C1c2ccccc2C2(O)CSCCCC12. The highest BCUT2D eigenvalue weighted by Crippen LogP contribution is 2.47. The van der Waals surface area contributed by atoms with Crippen molar-refractivity contribution in [2.24, 2.45) is 5.92 Å². The monoisotopic (exact) mass is 234 g/mol. The molecule has 16 heavy (non-hydrogen) atoms. The van der Waals surface area contributed by atoms with Crippen molar-refractivity contribution in [1.82, 2.24) is 0 Å². The number of Topliss-reactive ketones (excluding diaryl/α,β-unsaturated/α-hetero) is 1. The summed E-state index contributed by atoms with van der Waals surface area (Å²) in [5.41, 5.74) is 0.673. The van der Waals surface area contributed by atoms with Gasteiger partial charge in [-0.1, -0.05) is 24.3 Å². The average molecular weight is 234 g/mol. The highest BCUT2D eigenvalue weighted by Gasteiger charge is 2.50. The first-order valence-electron chi connectivity index (χ1n) is 5.67. The minimum Gasteiger partial charge on any atom is -0.383 e. The summed E-state index contributed by atoms with van der Waals surface area (Å²) in [7, 11) is 0. The van der Waals surface area contributed by atoms with Crippen LogP contribution in [-0.4, -0.2) is 22.4 Å². The van der Waals surface area contributed by atoms with Crippen molar-refractivity contribution in [3.63, 3.8) is 0 Å². The van der Waals surface area contributed by atoms with Crippen LogP contribution >= 0.6 is 11.8 Å². The van der Waals surface area contributed by atoms with E-state index in [1.54, 1.807) is 11.8 Å². The Balaban J connectivity index is 2.16. The molecule has 2 nitrogen and oxygen atoms in total. The van der Waals surface area contributed by atoms with E-state index in [0.29, 0.717) is 5.75 Å². The molecule has 1 aliphatic heterocycles. The predicted octanol–water partition coefficient (Wildman–Crippen LogP) is 2.21. The molecule has 1 aromatic carbocycles. The molecule has 0 aromatic heterocycles. The average Bonchev–Trinajstić information content (AvgIpc) is 2.46. The number of carbonyl (C=O) groups is 1. The lowest BCUT2D eigenvalue weighted by molar-refractivity contribution is 0.0135. The summed E-state index contributed by atoms with van der Waals surface area (Å²) in [5, 5.41) is 10.8. The topological polar surface area (TPSA) is 37.3 Å². The van der Waals surface area contributed by atoms with Crippen molar-refractivity contribution < 1.29 is 9.90 Å². The maximum atomic E-state index is 12.2. The molecule has 1 aliphatic carbocycles. The third-order valence-corrected chi connectivity index (χ3v) is 4.88. The molecule has 0 spiro atoms. The van der Waals surface area contributed by atoms with Gasteiger partial charge < -0.3 is 5.11 Å². The van der Waals surface area contributed by atoms with E-state index >= 15 is 0 Å². The maximum absolute atomic E-state index is 12.2. The standard InChI is InChI=1S/C13H14O2S/c14-12-9-4-1-2-5-10(9)13(15)8-16-7-3-6-11(12)13/h1-2,4-5,11,15H,3,6-8H2. The molecule has 1 heterocycles. The zero-order chi connectivity index (χ0) is 11.2. The second-order valence-electron chi connectivity index (χ2n) is 4.58. The van der Waals surface area contributed by atoms with Crippen LogP contribution in [0.15, 0.2) is 24.3 Å². The summed E-state index contributed by atoms with van der Waals surface area (Å²) in [4.78, 5) is 12.2. The number of aliphatic hydroxyl groups is 1. The van der Waals surface area contributed by atoms with Gasteiger partial charge in [0.25, 0.3) is 0 Å². The number of thioether (sulfide) groups is 1. The van der Waals surface area contributed by atoms with Crippen LogP contribution in [0.4, 0.5) is 0 Å². The smallest absolute Gasteiger partial charge is 0.169 e. The Labute approximate surface area is 99.1 Å². The number of hydrogen-bond acceptors (Lipinski definition) is 3. The number of fused-ring (bicyclic) bond motifs is 3. The molecular formula is C13H14O2S. The van der Waals surface area contributed by atoms with E-state index in [1.165, 1.54) is 0 Å². The van der Waals surface area contributed by atoms with Crippen LogP contribution in [0.3, 0.4) is 0 Å². The van der Waals surface area contributed by atoms with Gasteiger partial charge in [-0.05, 0) is 24.2 Å². The van der Waals surface area contributed by atoms with Crippen molar-refractivity contribution >= 4 is 17.5 Å². The van der Waals surface area contributed by atoms with Crippen LogP contribution in [0.2, 0.25) is 0 Å². The Hall–Kier alpha value is -0.800. The van der Waals surface area contributed by atoms with Gasteiger partial charge in [0.1, 0.15) is 5.60 Å². The van der Waals surface area contributed by atoms with E-state index in [9.17, 15) is 9.90 Å². The lowest BCUT2D eigenvalue weighted by Crippen LogP contribution is -2.35. The molecule has 0 amide bonds. The predicted molar refractivity (Wildman–Crippen MR) is 64.7 cm³/mol. The van der Waals surface area contributed by atoms with E-state index < -0.39 is 5.60 Å². The van der Waals surface area contributed by atoms with Gasteiger partial charge in [-0.15, -0.1) is 0 Å². The molecule has 0 bridgehead atoms.